The molecule has 110 valence electrons. The van der Waals surface area contributed by atoms with Gasteiger partial charge in [0, 0.05) is 18.0 Å². The van der Waals surface area contributed by atoms with E-state index in [4.69, 9.17) is 10.6 Å². The van der Waals surface area contributed by atoms with Crippen LogP contribution in [-0.4, -0.2) is 29.7 Å². The Labute approximate surface area is 122 Å². The van der Waals surface area contributed by atoms with Crippen molar-refractivity contribution in [2.24, 2.45) is 5.84 Å². The van der Waals surface area contributed by atoms with Crippen LogP contribution in [0.25, 0.3) is 10.2 Å². The monoisotopic (exact) mass is 295 g/mol. The molecule has 0 radical (unpaired) electrons. The molecule has 0 atom stereocenters. The van der Waals surface area contributed by atoms with E-state index in [1.807, 2.05) is 0 Å². The zero-order valence-corrected chi connectivity index (χ0v) is 12.7. The number of anilines is 2. The summed E-state index contributed by atoms with van der Waals surface area (Å²) in [6.45, 7) is 6.40. The van der Waals surface area contributed by atoms with E-state index >= 15 is 0 Å². The molecule has 0 fully saturated rings. The molecule has 0 spiro atoms. The van der Waals surface area contributed by atoms with Gasteiger partial charge in [0.2, 0.25) is 5.95 Å². The van der Waals surface area contributed by atoms with Crippen molar-refractivity contribution in [1.82, 2.24) is 9.97 Å². The Hall–Kier alpha value is -1.44. The van der Waals surface area contributed by atoms with Crippen molar-refractivity contribution in [3.63, 3.8) is 0 Å². The lowest BCUT2D eigenvalue weighted by Gasteiger charge is -2.08. The number of aryl methyl sites for hydroxylation is 1. The van der Waals surface area contributed by atoms with Crippen LogP contribution < -0.4 is 16.6 Å². The summed E-state index contributed by atoms with van der Waals surface area (Å²) < 4.78 is 5.53. The Morgan fingerprint density at radius 2 is 2.20 bits per heavy atom. The Morgan fingerprint density at radius 1 is 1.35 bits per heavy atom. The van der Waals surface area contributed by atoms with Gasteiger partial charge in [0.25, 0.3) is 0 Å². The van der Waals surface area contributed by atoms with Gasteiger partial charge < -0.3 is 10.1 Å². The van der Waals surface area contributed by atoms with Gasteiger partial charge in [-0.1, -0.05) is 13.3 Å². The van der Waals surface area contributed by atoms with Crippen LogP contribution in [0.3, 0.4) is 0 Å². The highest BCUT2D eigenvalue weighted by Crippen LogP contribution is 2.29. The molecule has 2 aromatic heterocycles. The van der Waals surface area contributed by atoms with Gasteiger partial charge in [0.15, 0.2) is 0 Å². The van der Waals surface area contributed by atoms with Gasteiger partial charge in [-0.05, 0) is 19.4 Å². The summed E-state index contributed by atoms with van der Waals surface area (Å²) in [5, 5.41) is 4.32. The van der Waals surface area contributed by atoms with Crippen molar-refractivity contribution >= 4 is 33.3 Å². The van der Waals surface area contributed by atoms with Crippen molar-refractivity contribution in [3.05, 3.63) is 10.9 Å². The van der Waals surface area contributed by atoms with Crippen LogP contribution in [0.15, 0.2) is 6.07 Å². The molecular weight excluding hydrogens is 274 g/mol. The fourth-order valence-corrected chi connectivity index (χ4v) is 2.71. The molecule has 0 saturated carbocycles. The van der Waals surface area contributed by atoms with Crippen LogP contribution in [0.4, 0.5) is 11.8 Å². The van der Waals surface area contributed by atoms with Crippen LogP contribution in [0.2, 0.25) is 0 Å². The Kier molecular flexibility index (Phi) is 5.51. The molecule has 0 amide bonds. The van der Waals surface area contributed by atoms with Crippen LogP contribution >= 0.6 is 11.3 Å². The molecule has 0 saturated heterocycles. The minimum Gasteiger partial charge on any atom is -0.380 e. The molecule has 0 aromatic carbocycles. The Bertz CT molecular complexity index is 557. The third-order valence-electron chi connectivity index (χ3n) is 2.83. The predicted octanol–water partition coefficient (Wildman–Crippen LogP) is 2.51. The number of fused-ring (bicyclic) bond motifs is 1. The number of nitrogens with two attached hydrogens (primary N) is 1. The second-order valence-corrected chi connectivity index (χ2v) is 5.74. The summed E-state index contributed by atoms with van der Waals surface area (Å²) in [5.41, 5.74) is 2.50. The normalized spacial score (nSPS) is 10.9. The SMILES string of the molecule is CCCCOCCNc1nc(NN)nc2sc(C)cc12. The van der Waals surface area contributed by atoms with E-state index in [0.29, 0.717) is 19.1 Å². The largest absolute Gasteiger partial charge is 0.380 e. The number of rotatable bonds is 8. The van der Waals surface area contributed by atoms with E-state index in [1.165, 1.54) is 4.88 Å². The van der Waals surface area contributed by atoms with Crippen LogP contribution in [0.1, 0.15) is 24.6 Å². The van der Waals surface area contributed by atoms with Gasteiger partial charge in [-0.3, -0.25) is 5.43 Å². The summed E-state index contributed by atoms with van der Waals surface area (Å²) >= 11 is 1.63. The zero-order chi connectivity index (χ0) is 14.4. The number of hydrogen-bond donors (Lipinski definition) is 3. The zero-order valence-electron chi connectivity index (χ0n) is 11.9. The third kappa shape index (κ3) is 3.78. The molecule has 0 aliphatic rings. The molecule has 7 heteroatoms. The van der Waals surface area contributed by atoms with E-state index < -0.39 is 0 Å². The first kappa shape index (κ1) is 15.0. The van der Waals surface area contributed by atoms with Gasteiger partial charge in [-0.25, -0.2) is 10.8 Å². The summed E-state index contributed by atoms with van der Waals surface area (Å²) in [4.78, 5) is 10.8. The number of ether oxygens (including phenoxy) is 1. The first-order chi connectivity index (χ1) is 9.74. The number of aromatic nitrogens is 2. The topological polar surface area (TPSA) is 85.1 Å². The highest BCUT2D eigenvalue weighted by Gasteiger charge is 2.09. The minimum absolute atomic E-state index is 0.425. The number of nitrogens with zero attached hydrogens (tertiary/aromatic N) is 2. The van der Waals surface area contributed by atoms with Gasteiger partial charge in [-0.2, -0.15) is 4.98 Å². The van der Waals surface area contributed by atoms with E-state index in [1.54, 1.807) is 11.3 Å². The standard InChI is InChI=1S/C13H21N5OS/c1-3-4-6-19-7-5-15-11-10-8-9(2)20-12(10)17-13(16-11)18-14/h8H,3-7,14H2,1-2H3,(H2,15,16,17,18). The van der Waals surface area contributed by atoms with Crippen LogP contribution in [-0.2, 0) is 4.74 Å². The molecule has 0 bridgehead atoms. The number of nitrogens with one attached hydrogen (secondary N) is 2. The average molecular weight is 295 g/mol. The fourth-order valence-electron chi connectivity index (χ4n) is 1.83. The van der Waals surface area contributed by atoms with Gasteiger partial charge in [0.05, 0.1) is 12.0 Å². The number of hydrogen-bond acceptors (Lipinski definition) is 7. The van der Waals surface area contributed by atoms with Crippen molar-refractivity contribution in [1.29, 1.82) is 0 Å². The highest BCUT2D eigenvalue weighted by molar-refractivity contribution is 7.18. The first-order valence-corrected chi connectivity index (χ1v) is 7.62. The molecule has 20 heavy (non-hydrogen) atoms. The molecule has 6 nitrogen and oxygen atoms in total. The van der Waals surface area contributed by atoms with Gasteiger partial charge in [-0.15, -0.1) is 11.3 Å². The minimum atomic E-state index is 0.425. The quantitative estimate of drug-likeness (QED) is 0.394. The van der Waals surface area contributed by atoms with E-state index in [9.17, 15) is 0 Å². The maximum Gasteiger partial charge on any atom is 0.240 e. The second kappa shape index (κ2) is 7.37. The molecule has 4 N–H and O–H groups in total. The van der Waals surface area contributed by atoms with Gasteiger partial charge >= 0.3 is 0 Å². The van der Waals surface area contributed by atoms with Gasteiger partial charge in [0.1, 0.15) is 10.6 Å². The van der Waals surface area contributed by atoms with Crippen molar-refractivity contribution < 1.29 is 4.74 Å². The smallest absolute Gasteiger partial charge is 0.240 e. The van der Waals surface area contributed by atoms with E-state index in [0.717, 1.165) is 35.5 Å². The average Bonchev–Trinajstić information content (AvgIpc) is 2.82. The molecule has 0 unspecified atom stereocenters. The highest BCUT2D eigenvalue weighted by atomic mass is 32.1. The van der Waals surface area contributed by atoms with Crippen molar-refractivity contribution in [3.8, 4) is 0 Å². The summed E-state index contributed by atoms with van der Waals surface area (Å²) in [6.07, 6.45) is 2.25. The number of thiophene rings is 1. The number of nitrogen functional groups attached to an aromatic ring is 1. The number of unbranched alkanes of at least 4 members (excludes halogenated alkanes) is 1. The molecular formula is C13H21N5OS. The lowest BCUT2D eigenvalue weighted by molar-refractivity contribution is 0.141. The molecule has 0 aliphatic carbocycles. The first-order valence-electron chi connectivity index (χ1n) is 6.81. The van der Waals surface area contributed by atoms with Crippen LogP contribution in [0, 0.1) is 6.92 Å². The summed E-state index contributed by atoms with van der Waals surface area (Å²) in [6, 6.07) is 2.08. The summed E-state index contributed by atoms with van der Waals surface area (Å²) in [5.74, 6) is 6.63. The second-order valence-electron chi connectivity index (χ2n) is 4.51. The summed E-state index contributed by atoms with van der Waals surface area (Å²) in [7, 11) is 0. The maximum absolute atomic E-state index is 5.53. The molecule has 2 aromatic rings. The maximum atomic E-state index is 5.53. The van der Waals surface area contributed by atoms with Crippen LogP contribution in [0.5, 0.6) is 0 Å². The van der Waals surface area contributed by atoms with Crippen molar-refractivity contribution in [2.45, 2.75) is 26.7 Å². The lowest BCUT2D eigenvalue weighted by Crippen LogP contribution is -2.14. The third-order valence-corrected chi connectivity index (χ3v) is 3.77. The van der Waals surface area contributed by atoms with Crippen molar-refractivity contribution in [2.75, 3.05) is 30.5 Å². The Balaban J connectivity index is 2.00. The van der Waals surface area contributed by atoms with E-state index in [-0.39, 0.29) is 0 Å². The fraction of sp³-hybridized carbons (Fsp3) is 0.538. The molecule has 2 heterocycles. The molecule has 0 aliphatic heterocycles. The van der Waals surface area contributed by atoms with E-state index in [2.05, 4.69) is 40.6 Å². The molecule has 2 rings (SSSR count). The number of hydrazine groups is 1. The predicted molar refractivity (Wildman–Crippen MR) is 84.2 cm³/mol. The lowest BCUT2D eigenvalue weighted by atomic mass is 10.3. The Morgan fingerprint density at radius 3 is 2.95 bits per heavy atom.